The van der Waals surface area contributed by atoms with E-state index in [-0.39, 0.29) is 0 Å². The van der Waals surface area contributed by atoms with Crippen LogP contribution in [0, 0.1) is 5.92 Å². The molecule has 0 radical (unpaired) electrons. The molecule has 1 heteroatoms. The Kier molecular flexibility index (Phi) is 7.17. The summed E-state index contributed by atoms with van der Waals surface area (Å²) in [4.78, 5) is 0. The fraction of sp³-hybridized carbons (Fsp3) is 0.818. The van der Waals surface area contributed by atoms with Crippen molar-refractivity contribution in [3.63, 3.8) is 0 Å². The van der Waals surface area contributed by atoms with E-state index in [1.54, 1.807) is 0 Å². The molecular weight excluding hydrogens is 146 g/mol. The standard InChI is InChI=1S/C11H23N/c1-5-9-11(12-8-4)10(6-2)7-3/h5,10-12H,1,6-9H2,2-4H3. The highest BCUT2D eigenvalue weighted by Gasteiger charge is 2.14. The molecule has 0 amide bonds. The van der Waals surface area contributed by atoms with Crippen LogP contribution in [0.2, 0.25) is 0 Å². The van der Waals surface area contributed by atoms with Gasteiger partial charge in [0, 0.05) is 6.04 Å². The van der Waals surface area contributed by atoms with Crippen molar-refractivity contribution >= 4 is 0 Å². The summed E-state index contributed by atoms with van der Waals surface area (Å²) in [5.74, 6) is 0.808. The molecule has 0 fully saturated rings. The van der Waals surface area contributed by atoms with Gasteiger partial charge in [-0.3, -0.25) is 0 Å². The predicted octanol–water partition coefficient (Wildman–Crippen LogP) is 2.98. The van der Waals surface area contributed by atoms with E-state index < -0.39 is 0 Å². The molecule has 0 aliphatic carbocycles. The molecule has 0 aliphatic rings. The first kappa shape index (κ1) is 11.7. The highest BCUT2D eigenvalue weighted by Crippen LogP contribution is 2.15. The molecule has 0 aromatic carbocycles. The Bertz CT molecular complexity index is 106. The molecule has 72 valence electrons. The van der Waals surface area contributed by atoms with Gasteiger partial charge in [-0.15, -0.1) is 6.58 Å². The first-order valence-electron chi connectivity index (χ1n) is 5.14. The van der Waals surface area contributed by atoms with Crippen LogP contribution in [0.4, 0.5) is 0 Å². The molecule has 0 saturated carbocycles. The smallest absolute Gasteiger partial charge is 0.0129 e. The zero-order chi connectivity index (χ0) is 9.40. The molecule has 12 heavy (non-hydrogen) atoms. The number of hydrogen-bond acceptors (Lipinski definition) is 1. The molecular formula is C11H23N. The van der Waals surface area contributed by atoms with Gasteiger partial charge in [-0.05, 0) is 18.9 Å². The molecule has 1 N–H and O–H groups in total. The first-order chi connectivity index (χ1) is 5.79. The third-order valence-electron chi connectivity index (χ3n) is 2.50. The summed E-state index contributed by atoms with van der Waals surface area (Å²) in [5.41, 5.74) is 0. The second kappa shape index (κ2) is 7.35. The van der Waals surface area contributed by atoms with E-state index in [0.717, 1.165) is 18.9 Å². The minimum absolute atomic E-state index is 0.641. The zero-order valence-electron chi connectivity index (χ0n) is 8.77. The van der Waals surface area contributed by atoms with Gasteiger partial charge in [0.1, 0.15) is 0 Å². The number of hydrogen-bond donors (Lipinski definition) is 1. The van der Waals surface area contributed by atoms with E-state index in [1.807, 2.05) is 6.08 Å². The van der Waals surface area contributed by atoms with E-state index in [0.29, 0.717) is 6.04 Å². The van der Waals surface area contributed by atoms with Crippen LogP contribution in [-0.2, 0) is 0 Å². The third-order valence-corrected chi connectivity index (χ3v) is 2.50. The lowest BCUT2D eigenvalue weighted by molar-refractivity contribution is 0.341. The molecule has 1 atom stereocenters. The van der Waals surface area contributed by atoms with Crippen molar-refractivity contribution in [2.24, 2.45) is 5.92 Å². The van der Waals surface area contributed by atoms with Crippen molar-refractivity contribution in [2.45, 2.75) is 46.1 Å². The summed E-state index contributed by atoms with van der Waals surface area (Å²) in [7, 11) is 0. The zero-order valence-corrected chi connectivity index (χ0v) is 8.77. The van der Waals surface area contributed by atoms with Crippen LogP contribution in [0.5, 0.6) is 0 Å². The number of rotatable bonds is 7. The van der Waals surface area contributed by atoms with Crippen molar-refractivity contribution in [1.29, 1.82) is 0 Å². The summed E-state index contributed by atoms with van der Waals surface area (Å²) in [6.07, 6.45) is 5.65. The van der Waals surface area contributed by atoms with Crippen molar-refractivity contribution in [3.05, 3.63) is 12.7 Å². The largest absolute Gasteiger partial charge is 0.314 e. The maximum atomic E-state index is 3.79. The normalized spacial score (nSPS) is 13.3. The molecule has 0 rings (SSSR count). The average molecular weight is 169 g/mol. The quantitative estimate of drug-likeness (QED) is 0.578. The Balaban J connectivity index is 3.94. The summed E-state index contributed by atoms with van der Waals surface area (Å²) in [6.45, 7) is 11.6. The van der Waals surface area contributed by atoms with Gasteiger partial charge in [0.15, 0.2) is 0 Å². The third kappa shape index (κ3) is 3.91. The average Bonchev–Trinajstić information content (AvgIpc) is 2.07. The summed E-state index contributed by atoms with van der Waals surface area (Å²) in [6, 6.07) is 0.641. The lowest BCUT2D eigenvalue weighted by atomic mass is 9.92. The molecule has 1 nitrogen and oxygen atoms in total. The van der Waals surface area contributed by atoms with Crippen molar-refractivity contribution in [1.82, 2.24) is 5.32 Å². The van der Waals surface area contributed by atoms with E-state index in [2.05, 4.69) is 32.7 Å². The first-order valence-corrected chi connectivity index (χ1v) is 5.14. The molecule has 0 spiro atoms. The Hall–Kier alpha value is -0.300. The molecule has 0 aromatic rings. The lowest BCUT2D eigenvalue weighted by Crippen LogP contribution is -2.35. The van der Waals surface area contributed by atoms with E-state index >= 15 is 0 Å². The van der Waals surface area contributed by atoms with Crippen molar-refractivity contribution < 1.29 is 0 Å². The molecule has 0 aliphatic heterocycles. The molecule has 0 saturated heterocycles. The Labute approximate surface area is 77.2 Å². The van der Waals surface area contributed by atoms with Crippen LogP contribution < -0.4 is 5.32 Å². The van der Waals surface area contributed by atoms with Crippen LogP contribution in [0.15, 0.2) is 12.7 Å². The van der Waals surface area contributed by atoms with Gasteiger partial charge in [-0.1, -0.05) is 39.7 Å². The highest BCUT2D eigenvalue weighted by atomic mass is 14.9. The van der Waals surface area contributed by atoms with Crippen LogP contribution in [0.1, 0.15) is 40.0 Å². The molecule has 0 bridgehead atoms. The van der Waals surface area contributed by atoms with E-state index in [4.69, 9.17) is 0 Å². The van der Waals surface area contributed by atoms with Crippen LogP contribution in [0.3, 0.4) is 0 Å². The second-order valence-electron chi connectivity index (χ2n) is 3.27. The maximum Gasteiger partial charge on any atom is 0.0129 e. The minimum Gasteiger partial charge on any atom is -0.314 e. The highest BCUT2D eigenvalue weighted by molar-refractivity contribution is 4.82. The number of nitrogens with one attached hydrogen (secondary N) is 1. The van der Waals surface area contributed by atoms with Gasteiger partial charge < -0.3 is 5.32 Å². The summed E-state index contributed by atoms with van der Waals surface area (Å²) >= 11 is 0. The topological polar surface area (TPSA) is 12.0 Å². The Morgan fingerprint density at radius 2 is 1.83 bits per heavy atom. The van der Waals surface area contributed by atoms with Gasteiger partial charge in [0.25, 0.3) is 0 Å². The van der Waals surface area contributed by atoms with Gasteiger partial charge in [0.2, 0.25) is 0 Å². The monoisotopic (exact) mass is 169 g/mol. The van der Waals surface area contributed by atoms with E-state index in [1.165, 1.54) is 12.8 Å². The van der Waals surface area contributed by atoms with Crippen molar-refractivity contribution in [2.75, 3.05) is 6.54 Å². The van der Waals surface area contributed by atoms with Crippen LogP contribution in [-0.4, -0.2) is 12.6 Å². The minimum atomic E-state index is 0.641. The molecule has 0 heterocycles. The van der Waals surface area contributed by atoms with Gasteiger partial charge in [-0.25, -0.2) is 0 Å². The van der Waals surface area contributed by atoms with Crippen LogP contribution >= 0.6 is 0 Å². The second-order valence-corrected chi connectivity index (χ2v) is 3.27. The summed E-state index contributed by atoms with van der Waals surface area (Å²) in [5, 5.41) is 3.51. The van der Waals surface area contributed by atoms with Crippen molar-refractivity contribution in [3.8, 4) is 0 Å². The van der Waals surface area contributed by atoms with Gasteiger partial charge in [0.05, 0.1) is 0 Å². The van der Waals surface area contributed by atoms with E-state index in [9.17, 15) is 0 Å². The fourth-order valence-electron chi connectivity index (χ4n) is 1.74. The van der Waals surface area contributed by atoms with Gasteiger partial charge >= 0.3 is 0 Å². The lowest BCUT2D eigenvalue weighted by Gasteiger charge is -2.24. The Morgan fingerprint density at radius 1 is 1.25 bits per heavy atom. The SMILES string of the molecule is C=CCC(NCC)C(CC)CC. The van der Waals surface area contributed by atoms with Gasteiger partial charge in [-0.2, -0.15) is 0 Å². The molecule has 1 unspecified atom stereocenters. The Morgan fingerprint density at radius 3 is 2.17 bits per heavy atom. The molecule has 0 aromatic heterocycles. The summed E-state index contributed by atoms with van der Waals surface area (Å²) < 4.78 is 0. The predicted molar refractivity (Wildman–Crippen MR) is 56.4 cm³/mol. The fourth-order valence-corrected chi connectivity index (χ4v) is 1.74. The van der Waals surface area contributed by atoms with Crippen LogP contribution in [0.25, 0.3) is 0 Å². The maximum absolute atomic E-state index is 3.79.